The lowest BCUT2D eigenvalue weighted by Crippen LogP contribution is -1.93. The van der Waals surface area contributed by atoms with Crippen LogP contribution >= 0.6 is 7.60 Å². The van der Waals surface area contributed by atoms with Crippen molar-refractivity contribution in [1.29, 1.82) is 0 Å². The first-order valence-corrected chi connectivity index (χ1v) is 7.99. The largest absolute Gasteiger partial charge is 0.497 e. The van der Waals surface area contributed by atoms with Crippen LogP contribution in [0.2, 0.25) is 0 Å². The normalized spacial score (nSPS) is 11.8. The molecule has 0 aromatic heterocycles. The van der Waals surface area contributed by atoms with Gasteiger partial charge < -0.3 is 18.5 Å². The molecule has 0 spiro atoms. The molecule has 0 unspecified atom stereocenters. The zero-order valence-electron chi connectivity index (χ0n) is 12.3. The Bertz CT molecular complexity index is 488. The van der Waals surface area contributed by atoms with Gasteiger partial charge in [-0.1, -0.05) is 0 Å². The van der Waals surface area contributed by atoms with Crippen LogP contribution in [-0.2, 0) is 13.6 Å². The number of benzene rings is 1. The van der Waals surface area contributed by atoms with Gasteiger partial charge in [-0.25, -0.2) is 0 Å². The summed E-state index contributed by atoms with van der Waals surface area (Å²) in [6.45, 7) is 4.17. The van der Waals surface area contributed by atoms with Gasteiger partial charge in [0.05, 0.1) is 27.4 Å². The van der Waals surface area contributed by atoms with E-state index < -0.39 is 7.60 Å². The minimum absolute atomic E-state index is 0.316. The first kappa shape index (κ1) is 16.8. The molecule has 0 N–H and O–H groups in total. The highest BCUT2D eigenvalue weighted by Gasteiger charge is 2.19. The van der Waals surface area contributed by atoms with Crippen molar-refractivity contribution in [2.75, 3.05) is 27.4 Å². The van der Waals surface area contributed by atoms with Gasteiger partial charge in [-0.05, 0) is 38.1 Å². The van der Waals surface area contributed by atoms with E-state index in [0.29, 0.717) is 24.7 Å². The Hall–Kier alpha value is -1.29. The molecule has 0 saturated heterocycles. The second-order valence-electron chi connectivity index (χ2n) is 3.80. The third-order valence-corrected chi connectivity index (χ3v) is 4.24. The lowest BCUT2D eigenvalue weighted by molar-refractivity contribution is 0.229. The fourth-order valence-electron chi connectivity index (χ4n) is 1.62. The number of hydrogen-bond acceptors (Lipinski definition) is 5. The molecule has 1 aromatic carbocycles. The molecule has 0 saturated carbocycles. The van der Waals surface area contributed by atoms with E-state index in [-0.39, 0.29) is 0 Å². The fraction of sp³-hybridized carbons (Fsp3) is 0.429. The summed E-state index contributed by atoms with van der Waals surface area (Å²) in [5.41, 5.74) is 0.742. The van der Waals surface area contributed by atoms with Crippen molar-refractivity contribution in [2.24, 2.45) is 0 Å². The average Bonchev–Trinajstić information content (AvgIpc) is 2.45. The molecule has 0 amide bonds. The van der Waals surface area contributed by atoms with E-state index in [1.54, 1.807) is 52.3 Å². The molecule has 0 heterocycles. The predicted octanol–water partition coefficient (Wildman–Crippen LogP) is 3.94. The van der Waals surface area contributed by atoms with Gasteiger partial charge in [0.2, 0.25) is 0 Å². The summed E-state index contributed by atoms with van der Waals surface area (Å²) < 4.78 is 33.1. The molecular weight excluding hydrogens is 279 g/mol. The molecule has 1 aromatic rings. The van der Waals surface area contributed by atoms with Gasteiger partial charge in [0.15, 0.2) is 0 Å². The Morgan fingerprint density at radius 2 is 1.75 bits per heavy atom. The fourth-order valence-corrected chi connectivity index (χ4v) is 2.93. The van der Waals surface area contributed by atoms with Crippen molar-refractivity contribution in [3.8, 4) is 11.5 Å². The number of hydrogen-bond donors (Lipinski definition) is 0. The van der Waals surface area contributed by atoms with E-state index >= 15 is 0 Å². The van der Waals surface area contributed by atoms with Gasteiger partial charge >= 0.3 is 7.60 Å². The van der Waals surface area contributed by atoms with E-state index in [9.17, 15) is 4.57 Å². The topological polar surface area (TPSA) is 54.0 Å². The van der Waals surface area contributed by atoms with Crippen LogP contribution in [0.1, 0.15) is 19.4 Å². The van der Waals surface area contributed by atoms with E-state index in [4.69, 9.17) is 18.5 Å². The Labute approximate surface area is 120 Å². The summed E-state index contributed by atoms with van der Waals surface area (Å²) in [6, 6.07) is 5.36. The van der Waals surface area contributed by atoms with Crippen molar-refractivity contribution in [2.45, 2.75) is 13.8 Å². The van der Waals surface area contributed by atoms with E-state index in [1.165, 1.54) is 5.82 Å². The standard InChI is InChI=1S/C14H21O5P/c1-5-18-20(15,19-6-2)10-9-12-11-13(16-3)7-8-14(12)17-4/h7-11H,5-6H2,1-4H3. The highest BCUT2D eigenvalue weighted by atomic mass is 31.2. The average molecular weight is 300 g/mol. The summed E-state index contributed by atoms with van der Waals surface area (Å²) >= 11 is 0. The Morgan fingerprint density at radius 3 is 2.25 bits per heavy atom. The van der Waals surface area contributed by atoms with Crippen LogP contribution in [0.4, 0.5) is 0 Å². The maximum Gasteiger partial charge on any atom is 0.354 e. The van der Waals surface area contributed by atoms with Crippen LogP contribution in [0.25, 0.3) is 6.08 Å². The minimum Gasteiger partial charge on any atom is -0.497 e. The first-order chi connectivity index (χ1) is 9.58. The van der Waals surface area contributed by atoms with Crippen LogP contribution in [0.15, 0.2) is 24.0 Å². The zero-order valence-corrected chi connectivity index (χ0v) is 13.2. The van der Waals surface area contributed by atoms with Crippen LogP contribution in [-0.4, -0.2) is 27.4 Å². The third-order valence-electron chi connectivity index (χ3n) is 2.49. The summed E-state index contributed by atoms with van der Waals surface area (Å²) in [4.78, 5) is 0. The van der Waals surface area contributed by atoms with Crippen LogP contribution in [0.5, 0.6) is 11.5 Å². The van der Waals surface area contributed by atoms with Gasteiger partial charge in [-0.3, -0.25) is 4.57 Å². The molecular formula is C14H21O5P. The predicted molar refractivity (Wildman–Crippen MR) is 79.4 cm³/mol. The summed E-state index contributed by atoms with van der Waals surface area (Å²) in [5.74, 6) is 2.78. The van der Waals surface area contributed by atoms with Gasteiger partial charge in [-0.15, -0.1) is 0 Å². The van der Waals surface area contributed by atoms with Gasteiger partial charge in [0, 0.05) is 11.4 Å². The SMILES string of the molecule is CCOP(=O)(C=Cc1cc(OC)ccc1OC)OCC. The quantitative estimate of drug-likeness (QED) is 0.681. The molecule has 0 aliphatic rings. The van der Waals surface area contributed by atoms with Gasteiger partial charge in [0.25, 0.3) is 0 Å². The molecule has 0 radical (unpaired) electrons. The number of rotatable bonds is 8. The summed E-state index contributed by atoms with van der Waals surface area (Å²) in [7, 11) is -0.0585. The van der Waals surface area contributed by atoms with Gasteiger partial charge in [0.1, 0.15) is 11.5 Å². The molecule has 0 atom stereocenters. The molecule has 20 heavy (non-hydrogen) atoms. The third kappa shape index (κ3) is 4.67. The maximum atomic E-state index is 12.3. The lowest BCUT2D eigenvalue weighted by atomic mass is 10.2. The Balaban J connectivity index is 3.05. The van der Waals surface area contributed by atoms with Crippen LogP contribution < -0.4 is 9.47 Å². The smallest absolute Gasteiger partial charge is 0.354 e. The van der Waals surface area contributed by atoms with Gasteiger partial charge in [-0.2, -0.15) is 0 Å². The van der Waals surface area contributed by atoms with Crippen molar-refractivity contribution < 1.29 is 23.1 Å². The molecule has 0 aliphatic carbocycles. The molecule has 0 fully saturated rings. The van der Waals surface area contributed by atoms with Crippen LogP contribution in [0, 0.1) is 0 Å². The molecule has 0 bridgehead atoms. The van der Waals surface area contributed by atoms with E-state index in [0.717, 1.165) is 5.56 Å². The van der Waals surface area contributed by atoms with E-state index in [2.05, 4.69) is 0 Å². The molecule has 112 valence electrons. The monoisotopic (exact) mass is 300 g/mol. The van der Waals surface area contributed by atoms with Crippen molar-refractivity contribution in [1.82, 2.24) is 0 Å². The summed E-state index contributed by atoms with van der Waals surface area (Å²) in [6.07, 6.45) is 1.66. The van der Waals surface area contributed by atoms with Crippen molar-refractivity contribution in [3.63, 3.8) is 0 Å². The molecule has 1 rings (SSSR count). The Morgan fingerprint density at radius 1 is 1.10 bits per heavy atom. The minimum atomic E-state index is -3.22. The number of ether oxygens (including phenoxy) is 2. The number of methoxy groups -OCH3 is 2. The second-order valence-corrected chi connectivity index (χ2v) is 5.69. The second kappa shape index (κ2) is 8.10. The maximum absolute atomic E-state index is 12.3. The first-order valence-electron chi connectivity index (χ1n) is 6.38. The molecule has 0 aliphatic heterocycles. The Kier molecular flexibility index (Phi) is 6.79. The van der Waals surface area contributed by atoms with E-state index in [1.807, 2.05) is 0 Å². The molecule has 5 nitrogen and oxygen atoms in total. The molecule has 6 heteroatoms. The van der Waals surface area contributed by atoms with Crippen molar-refractivity contribution in [3.05, 3.63) is 29.6 Å². The van der Waals surface area contributed by atoms with Crippen molar-refractivity contribution >= 4 is 13.7 Å². The zero-order chi connectivity index (χ0) is 15.0. The highest BCUT2D eigenvalue weighted by Crippen LogP contribution is 2.50. The van der Waals surface area contributed by atoms with Crippen LogP contribution in [0.3, 0.4) is 0 Å². The summed E-state index contributed by atoms with van der Waals surface area (Å²) in [5, 5.41) is 0. The highest BCUT2D eigenvalue weighted by molar-refractivity contribution is 7.57. The lowest BCUT2D eigenvalue weighted by Gasteiger charge is -2.13.